The zero-order valence-corrected chi connectivity index (χ0v) is 12.1. The molecule has 1 aromatic carbocycles. The second-order valence-corrected chi connectivity index (χ2v) is 4.85. The molecular weight excluding hydrogens is 292 g/mol. The number of β-amino-alcohol motifs (C(OH)–C–C–N with tert-alkyl or cyclic N) is 1. The van der Waals surface area contributed by atoms with Crippen LogP contribution < -0.4 is 10.6 Å². The average molecular weight is 309 g/mol. The summed E-state index contributed by atoms with van der Waals surface area (Å²) >= 11 is 0. The Bertz CT molecular complexity index is 602. The molecule has 0 aliphatic carbocycles. The van der Waals surface area contributed by atoms with Crippen LogP contribution in [0.4, 0.5) is 5.69 Å². The molecule has 1 fully saturated rings. The van der Waals surface area contributed by atoms with Crippen LogP contribution in [0, 0.1) is 0 Å². The maximum atomic E-state index is 12.0. The molecule has 1 aliphatic heterocycles. The quantitative estimate of drug-likeness (QED) is 0.789. The Labute approximate surface area is 128 Å². The highest BCUT2D eigenvalue weighted by Gasteiger charge is 2.28. The molecule has 2 heterocycles. The van der Waals surface area contributed by atoms with E-state index in [0.717, 1.165) is 5.69 Å². The first-order valence-electron chi connectivity index (χ1n) is 6.55. The van der Waals surface area contributed by atoms with Gasteiger partial charge in [0.2, 0.25) is 5.91 Å². The van der Waals surface area contributed by atoms with E-state index in [2.05, 4.69) is 15.7 Å². The molecule has 0 bridgehead atoms. The Morgan fingerprint density at radius 3 is 2.81 bits per heavy atom. The highest BCUT2D eigenvalue weighted by molar-refractivity contribution is 5.94. The number of rotatable bonds is 3. The van der Waals surface area contributed by atoms with Crippen molar-refractivity contribution in [2.45, 2.75) is 18.6 Å². The average Bonchev–Trinajstić information content (AvgIpc) is 3.09. The van der Waals surface area contributed by atoms with Crippen LogP contribution in [0.3, 0.4) is 0 Å². The number of carbonyl (C=O) groups is 1. The molecule has 2 unspecified atom stereocenters. The minimum Gasteiger partial charge on any atom is -0.392 e. The molecule has 21 heavy (non-hydrogen) atoms. The van der Waals surface area contributed by atoms with E-state index >= 15 is 0 Å². The van der Waals surface area contributed by atoms with Gasteiger partial charge in [0.25, 0.3) is 0 Å². The summed E-state index contributed by atoms with van der Waals surface area (Å²) in [5.74, 6) is -0.144. The first-order valence-corrected chi connectivity index (χ1v) is 6.55. The molecule has 2 atom stereocenters. The van der Waals surface area contributed by atoms with Crippen molar-refractivity contribution in [2.24, 2.45) is 0 Å². The number of hydrogen-bond donors (Lipinski definition) is 3. The van der Waals surface area contributed by atoms with Gasteiger partial charge in [-0.1, -0.05) is 18.2 Å². The molecule has 3 N–H and O–H groups in total. The Balaban J connectivity index is 0.00000161. The zero-order chi connectivity index (χ0) is 13.9. The molecule has 0 saturated carbocycles. The minimum absolute atomic E-state index is 0. The number of benzene rings is 1. The largest absolute Gasteiger partial charge is 0.392 e. The predicted octanol–water partition coefficient (Wildman–Crippen LogP) is 0.955. The maximum absolute atomic E-state index is 12.0. The van der Waals surface area contributed by atoms with E-state index in [1.165, 1.54) is 0 Å². The summed E-state index contributed by atoms with van der Waals surface area (Å²) in [5, 5.41) is 19.4. The number of carbonyl (C=O) groups excluding carboxylic acids is 1. The van der Waals surface area contributed by atoms with Crippen molar-refractivity contribution in [2.75, 3.05) is 11.9 Å². The van der Waals surface area contributed by atoms with Crippen LogP contribution in [0.1, 0.15) is 6.42 Å². The minimum atomic E-state index is -0.446. The van der Waals surface area contributed by atoms with Gasteiger partial charge in [-0.25, -0.2) is 4.68 Å². The third-order valence-electron chi connectivity index (χ3n) is 3.30. The fourth-order valence-corrected chi connectivity index (χ4v) is 2.26. The number of amides is 1. The number of hydrogen-bond acceptors (Lipinski definition) is 4. The van der Waals surface area contributed by atoms with E-state index in [4.69, 9.17) is 0 Å². The number of aliphatic hydroxyl groups excluding tert-OH is 1. The lowest BCUT2D eigenvalue weighted by molar-refractivity contribution is -0.117. The Morgan fingerprint density at radius 2 is 2.14 bits per heavy atom. The number of nitrogens with one attached hydrogen (secondary N) is 2. The number of nitrogens with zero attached hydrogens (tertiary/aromatic N) is 2. The van der Waals surface area contributed by atoms with Gasteiger partial charge in [0.1, 0.15) is 0 Å². The van der Waals surface area contributed by atoms with Crippen molar-refractivity contribution in [1.82, 2.24) is 15.1 Å². The summed E-state index contributed by atoms with van der Waals surface area (Å²) < 4.78 is 1.70. The Hall–Kier alpha value is -1.89. The van der Waals surface area contributed by atoms with Crippen molar-refractivity contribution in [3.05, 3.63) is 42.7 Å². The predicted molar refractivity (Wildman–Crippen MR) is 81.9 cm³/mol. The first-order chi connectivity index (χ1) is 9.72. The van der Waals surface area contributed by atoms with Crippen molar-refractivity contribution >= 4 is 24.0 Å². The third-order valence-corrected chi connectivity index (χ3v) is 3.30. The van der Waals surface area contributed by atoms with Crippen molar-refractivity contribution in [3.8, 4) is 5.69 Å². The SMILES string of the molecule is Cl.O=C(Nc1cnn(-c2ccccc2)c1)C1CC(O)CN1. The Morgan fingerprint density at radius 1 is 1.38 bits per heavy atom. The van der Waals surface area contributed by atoms with Crippen molar-refractivity contribution in [1.29, 1.82) is 0 Å². The number of para-hydroxylation sites is 1. The van der Waals surface area contributed by atoms with Crippen LogP contribution in [0.5, 0.6) is 0 Å². The molecule has 1 aliphatic rings. The zero-order valence-electron chi connectivity index (χ0n) is 11.3. The molecule has 1 amide bonds. The van der Waals surface area contributed by atoms with Gasteiger partial charge >= 0.3 is 0 Å². The molecular formula is C14H17ClN4O2. The first kappa shape index (κ1) is 15.5. The topological polar surface area (TPSA) is 79.2 Å². The van der Waals surface area contributed by atoms with Crippen LogP contribution in [-0.2, 0) is 4.79 Å². The summed E-state index contributed by atoms with van der Waals surface area (Å²) in [7, 11) is 0. The van der Waals surface area contributed by atoms with Gasteiger partial charge < -0.3 is 15.7 Å². The van der Waals surface area contributed by atoms with Crippen LogP contribution in [0.2, 0.25) is 0 Å². The molecule has 1 saturated heterocycles. The van der Waals surface area contributed by atoms with Gasteiger partial charge in [-0.2, -0.15) is 5.10 Å². The van der Waals surface area contributed by atoms with Gasteiger partial charge in [0.05, 0.1) is 35.9 Å². The van der Waals surface area contributed by atoms with Crippen LogP contribution in [0.25, 0.3) is 5.69 Å². The standard InChI is InChI=1S/C14H16N4O2.ClH/c19-12-6-13(15-8-12)14(20)17-10-7-16-18(9-10)11-4-2-1-3-5-11;/h1-5,7,9,12-13,15,19H,6,8H2,(H,17,20);1H. The second kappa shape index (κ2) is 6.71. The number of aromatic nitrogens is 2. The molecule has 0 radical (unpaired) electrons. The molecule has 0 spiro atoms. The molecule has 6 nitrogen and oxygen atoms in total. The van der Waals surface area contributed by atoms with Crippen molar-refractivity contribution < 1.29 is 9.90 Å². The smallest absolute Gasteiger partial charge is 0.241 e. The second-order valence-electron chi connectivity index (χ2n) is 4.85. The van der Waals surface area contributed by atoms with Crippen molar-refractivity contribution in [3.63, 3.8) is 0 Å². The van der Waals surface area contributed by atoms with Gasteiger partial charge in [0, 0.05) is 6.54 Å². The molecule has 1 aromatic heterocycles. The number of aliphatic hydroxyl groups is 1. The summed E-state index contributed by atoms with van der Waals surface area (Å²) in [5.41, 5.74) is 1.57. The highest BCUT2D eigenvalue weighted by Crippen LogP contribution is 2.13. The van der Waals surface area contributed by atoms with Gasteiger partial charge in [0.15, 0.2) is 0 Å². The fraction of sp³-hybridized carbons (Fsp3) is 0.286. The van der Waals surface area contributed by atoms with Crippen LogP contribution in [0.15, 0.2) is 42.7 Å². The number of halogens is 1. The van der Waals surface area contributed by atoms with Gasteiger partial charge in [-0.3, -0.25) is 4.79 Å². The normalized spacial score (nSPS) is 20.8. The Kier molecular flexibility index (Phi) is 4.95. The van der Waals surface area contributed by atoms with Crippen LogP contribution in [-0.4, -0.2) is 39.5 Å². The summed E-state index contributed by atoms with van der Waals surface area (Å²) in [6.45, 7) is 0.460. The van der Waals surface area contributed by atoms with E-state index in [-0.39, 0.29) is 24.4 Å². The lowest BCUT2D eigenvalue weighted by atomic mass is 10.2. The van der Waals surface area contributed by atoms with E-state index < -0.39 is 6.10 Å². The van der Waals surface area contributed by atoms with Gasteiger partial charge in [-0.05, 0) is 18.6 Å². The van der Waals surface area contributed by atoms with E-state index in [9.17, 15) is 9.90 Å². The highest BCUT2D eigenvalue weighted by atomic mass is 35.5. The summed E-state index contributed by atoms with van der Waals surface area (Å²) in [4.78, 5) is 12.0. The van der Waals surface area contributed by atoms with Crippen LogP contribution >= 0.6 is 12.4 Å². The summed E-state index contributed by atoms with van der Waals surface area (Å²) in [6, 6.07) is 9.33. The summed E-state index contributed by atoms with van der Waals surface area (Å²) in [6.07, 6.45) is 3.37. The maximum Gasteiger partial charge on any atom is 0.241 e. The lowest BCUT2D eigenvalue weighted by Crippen LogP contribution is -2.35. The molecule has 3 rings (SSSR count). The fourth-order valence-electron chi connectivity index (χ4n) is 2.26. The van der Waals surface area contributed by atoms with E-state index in [1.54, 1.807) is 17.1 Å². The molecule has 112 valence electrons. The van der Waals surface area contributed by atoms with E-state index in [1.807, 2.05) is 30.3 Å². The third kappa shape index (κ3) is 3.60. The van der Waals surface area contributed by atoms with Gasteiger partial charge in [-0.15, -0.1) is 12.4 Å². The molecule has 2 aromatic rings. The number of anilines is 1. The van der Waals surface area contributed by atoms with E-state index in [0.29, 0.717) is 18.7 Å². The monoisotopic (exact) mass is 308 g/mol. The molecule has 7 heteroatoms. The lowest BCUT2D eigenvalue weighted by Gasteiger charge is -2.09.